The van der Waals surface area contributed by atoms with Gasteiger partial charge in [0.25, 0.3) is 0 Å². The minimum atomic E-state index is -0.169. The summed E-state index contributed by atoms with van der Waals surface area (Å²) in [4.78, 5) is 0. The van der Waals surface area contributed by atoms with Gasteiger partial charge in [0.1, 0.15) is 5.82 Å². The van der Waals surface area contributed by atoms with Gasteiger partial charge in [-0.1, -0.05) is 48.9 Å². The average Bonchev–Trinajstić information content (AvgIpc) is 3.41. The van der Waals surface area contributed by atoms with Crippen molar-refractivity contribution in [3.05, 3.63) is 71.5 Å². The molecule has 2 aromatic rings. The van der Waals surface area contributed by atoms with Crippen molar-refractivity contribution in [3.63, 3.8) is 0 Å². The topological polar surface area (TPSA) is 24.1 Å². The van der Waals surface area contributed by atoms with E-state index in [9.17, 15) is 4.39 Å². The minimum absolute atomic E-state index is 0.169. The van der Waals surface area contributed by atoms with E-state index in [1.807, 2.05) is 12.1 Å². The molecule has 2 aliphatic carbocycles. The first-order valence-electron chi connectivity index (χ1n) is 9.92. The van der Waals surface area contributed by atoms with E-state index in [0.717, 1.165) is 18.7 Å². The van der Waals surface area contributed by atoms with Crippen LogP contribution in [0.3, 0.4) is 0 Å². The molecular formula is C23H29FN2. The fourth-order valence-electron chi connectivity index (χ4n) is 4.17. The second-order valence-electron chi connectivity index (χ2n) is 8.25. The van der Waals surface area contributed by atoms with Crippen molar-refractivity contribution in [2.45, 2.75) is 50.6 Å². The van der Waals surface area contributed by atoms with Gasteiger partial charge < -0.3 is 10.6 Å². The smallest absolute Gasteiger partial charge is 0.123 e. The largest absolute Gasteiger partial charge is 0.313 e. The molecule has 0 heterocycles. The van der Waals surface area contributed by atoms with Crippen molar-refractivity contribution in [2.24, 2.45) is 5.41 Å². The summed E-state index contributed by atoms with van der Waals surface area (Å²) in [7, 11) is 0. The third-order valence-corrected chi connectivity index (χ3v) is 6.32. The van der Waals surface area contributed by atoms with Crippen molar-refractivity contribution >= 4 is 0 Å². The summed E-state index contributed by atoms with van der Waals surface area (Å²) < 4.78 is 13.1. The molecule has 0 amide bonds. The highest BCUT2D eigenvalue weighted by atomic mass is 19.1. The van der Waals surface area contributed by atoms with Crippen LogP contribution in [0.4, 0.5) is 4.39 Å². The van der Waals surface area contributed by atoms with Gasteiger partial charge in [0.15, 0.2) is 0 Å². The second-order valence-corrected chi connectivity index (χ2v) is 8.25. The van der Waals surface area contributed by atoms with E-state index in [1.165, 1.54) is 31.2 Å². The molecule has 3 atom stereocenters. The first-order chi connectivity index (χ1) is 12.7. The maximum Gasteiger partial charge on any atom is 0.123 e. The van der Waals surface area contributed by atoms with Gasteiger partial charge in [-0.2, -0.15) is 0 Å². The summed E-state index contributed by atoms with van der Waals surface area (Å²) in [5.74, 6) is 0.525. The average molecular weight is 352 g/mol. The van der Waals surface area contributed by atoms with Gasteiger partial charge in [-0.05, 0) is 54.9 Å². The van der Waals surface area contributed by atoms with Gasteiger partial charge >= 0.3 is 0 Å². The van der Waals surface area contributed by atoms with Crippen LogP contribution in [0.2, 0.25) is 0 Å². The molecular weight excluding hydrogens is 323 g/mol. The van der Waals surface area contributed by atoms with E-state index in [2.05, 4.69) is 47.9 Å². The molecule has 2 N–H and O–H groups in total. The molecule has 2 aromatic carbocycles. The molecule has 2 unspecified atom stereocenters. The third kappa shape index (κ3) is 3.99. The van der Waals surface area contributed by atoms with Crippen LogP contribution in [0.1, 0.15) is 55.7 Å². The first-order valence-corrected chi connectivity index (χ1v) is 9.92. The Bertz CT molecular complexity index is 709. The highest BCUT2D eigenvalue weighted by Gasteiger charge is 2.42. The van der Waals surface area contributed by atoms with E-state index in [1.54, 1.807) is 12.1 Å². The Morgan fingerprint density at radius 1 is 1.04 bits per heavy atom. The van der Waals surface area contributed by atoms with E-state index in [-0.39, 0.29) is 11.9 Å². The molecule has 2 nitrogen and oxygen atoms in total. The number of hydrogen-bond donors (Lipinski definition) is 2. The van der Waals surface area contributed by atoms with Crippen molar-refractivity contribution in [1.29, 1.82) is 0 Å². The maximum atomic E-state index is 13.1. The molecule has 0 saturated heterocycles. The summed E-state index contributed by atoms with van der Waals surface area (Å²) in [6, 6.07) is 18.6. The summed E-state index contributed by atoms with van der Waals surface area (Å²) in [5, 5.41) is 7.52. The number of halogens is 1. The summed E-state index contributed by atoms with van der Waals surface area (Å²) in [6.45, 7) is 4.30. The Morgan fingerprint density at radius 3 is 2.42 bits per heavy atom. The Labute approximate surface area is 156 Å². The second kappa shape index (κ2) is 7.50. The van der Waals surface area contributed by atoms with Crippen LogP contribution in [0, 0.1) is 11.2 Å². The molecule has 0 spiro atoms. The van der Waals surface area contributed by atoms with Gasteiger partial charge in [-0.25, -0.2) is 4.39 Å². The van der Waals surface area contributed by atoms with Gasteiger partial charge in [-0.3, -0.25) is 0 Å². The van der Waals surface area contributed by atoms with Gasteiger partial charge in [0.2, 0.25) is 0 Å². The molecule has 2 saturated carbocycles. The van der Waals surface area contributed by atoms with Crippen molar-refractivity contribution in [2.75, 3.05) is 13.1 Å². The fourth-order valence-corrected chi connectivity index (χ4v) is 4.17. The van der Waals surface area contributed by atoms with Crippen molar-refractivity contribution in [3.8, 4) is 0 Å². The van der Waals surface area contributed by atoms with Crippen LogP contribution in [-0.2, 0) is 0 Å². The predicted octanol–water partition coefficient (Wildman–Crippen LogP) is 4.79. The zero-order chi connectivity index (χ0) is 18.0. The normalized spacial score (nSPS) is 24.7. The zero-order valence-electron chi connectivity index (χ0n) is 15.5. The molecule has 4 rings (SSSR count). The highest BCUT2D eigenvalue weighted by Crippen LogP contribution is 2.44. The lowest BCUT2D eigenvalue weighted by Crippen LogP contribution is -2.48. The fraction of sp³-hybridized carbons (Fsp3) is 0.478. The van der Waals surface area contributed by atoms with Crippen LogP contribution in [0.15, 0.2) is 54.6 Å². The predicted molar refractivity (Wildman–Crippen MR) is 105 cm³/mol. The van der Waals surface area contributed by atoms with E-state index < -0.39 is 0 Å². The Hall–Kier alpha value is -1.71. The molecule has 0 aliphatic heterocycles. The minimum Gasteiger partial charge on any atom is -0.313 e. The Morgan fingerprint density at radius 2 is 1.77 bits per heavy atom. The molecule has 138 valence electrons. The lowest BCUT2D eigenvalue weighted by molar-refractivity contribution is 0.122. The van der Waals surface area contributed by atoms with Crippen molar-refractivity contribution < 1.29 is 4.39 Å². The molecule has 0 aromatic heterocycles. The van der Waals surface area contributed by atoms with Gasteiger partial charge in [-0.15, -0.1) is 0 Å². The SMILES string of the molecule is CC(NCC1(CN[C@H]2CC2c2ccccc2)CCC1)c1ccc(F)cc1. The highest BCUT2D eigenvalue weighted by molar-refractivity contribution is 5.27. The molecule has 3 heteroatoms. The third-order valence-electron chi connectivity index (χ3n) is 6.32. The van der Waals surface area contributed by atoms with E-state index >= 15 is 0 Å². The Kier molecular flexibility index (Phi) is 5.10. The summed E-state index contributed by atoms with van der Waals surface area (Å²) in [5.41, 5.74) is 3.01. The van der Waals surface area contributed by atoms with Gasteiger partial charge in [0, 0.05) is 31.1 Å². The van der Waals surface area contributed by atoms with E-state index in [0.29, 0.717) is 17.4 Å². The van der Waals surface area contributed by atoms with Crippen LogP contribution < -0.4 is 10.6 Å². The number of benzene rings is 2. The molecule has 0 bridgehead atoms. The molecule has 2 fully saturated rings. The number of rotatable bonds is 8. The number of hydrogen-bond acceptors (Lipinski definition) is 2. The quantitative estimate of drug-likeness (QED) is 0.713. The summed E-state index contributed by atoms with van der Waals surface area (Å²) >= 11 is 0. The maximum absolute atomic E-state index is 13.1. The molecule has 26 heavy (non-hydrogen) atoms. The van der Waals surface area contributed by atoms with Crippen LogP contribution in [-0.4, -0.2) is 19.1 Å². The zero-order valence-corrected chi connectivity index (χ0v) is 15.5. The molecule has 2 aliphatic rings. The van der Waals surface area contributed by atoms with Crippen LogP contribution in [0.25, 0.3) is 0 Å². The van der Waals surface area contributed by atoms with Crippen LogP contribution in [0.5, 0.6) is 0 Å². The van der Waals surface area contributed by atoms with Gasteiger partial charge in [0.05, 0.1) is 0 Å². The summed E-state index contributed by atoms with van der Waals surface area (Å²) in [6.07, 6.45) is 5.19. The Balaban J connectivity index is 1.26. The first kappa shape index (κ1) is 17.7. The lowest BCUT2D eigenvalue weighted by atomic mass is 9.68. The standard InChI is InChI=1S/C23H29FN2/c1-17(18-8-10-20(24)11-9-18)25-15-23(12-5-13-23)16-26-22-14-21(22)19-6-3-2-4-7-19/h2-4,6-11,17,21-22,25-26H,5,12-16H2,1H3/t17?,21?,22-/m0/s1. The lowest BCUT2D eigenvalue weighted by Gasteiger charge is -2.43. The molecule has 0 radical (unpaired) electrons. The van der Waals surface area contributed by atoms with E-state index in [4.69, 9.17) is 0 Å². The monoisotopic (exact) mass is 352 g/mol. The van der Waals surface area contributed by atoms with Crippen molar-refractivity contribution in [1.82, 2.24) is 10.6 Å². The number of nitrogens with one attached hydrogen (secondary N) is 2. The van der Waals surface area contributed by atoms with Crippen LogP contribution >= 0.6 is 0 Å².